The van der Waals surface area contributed by atoms with E-state index in [1.54, 1.807) is 18.2 Å². The topological polar surface area (TPSA) is 54.9 Å². The Labute approximate surface area is 119 Å². The normalized spacial score (nSPS) is 14.7. The van der Waals surface area contributed by atoms with E-state index in [1.165, 1.54) is 29.6 Å². The van der Waals surface area contributed by atoms with Crippen molar-refractivity contribution in [3.8, 4) is 0 Å². The Bertz CT molecular complexity index is 664. The van der Waals surface area contributed by atoms with Gasteiger partial charge in [0.15, 0.2) is 0 Å². The third-order valence-electron chi connectivity index (χ3n) is 2.92. The minimum atomic E-state index is -0.358. The number of benzene rings is 1. The summed E-state index contributed by atoms with van der Waals surface area (Å²) in [4.78, 5) is 11.7. The van der Waals surface area contributed by atoms with E-state index in [2.05, 4.69) is 15.5 Å². The molecule has 0 saturated heterocycles. The smallest absolute Gasteiger partial charge is 0.250 e. The van der Waals surface area contributed by atoms with Gasteiger partial charge in [-0.1, -0.05) is 29.5 Å². The molecule has 1 aromatic heterocycles. The molecule has 1 amide bonds. The largest absolute Gasteiger partial charge is 0.297 e. The molecule has 4 nitrogen and oxygen atoms in total. The van der Waals surface area contributed by atoms with Crippen LogP contribution in [0.5, 0.6) is 0 Å². The molecule has 2 aromatic rings. The van der Waals surface area contributed by atoms with Gasteiger partial charge >= 0.3 is 0 Å². The fourth-order valence-electron chi connectivity index (χ4n) is 1.70. The number of carbonyl (C=O) groups is 1. The first-order valence-electron chi connectivity index (χ1n) is 6.29. The van der Waals surface area contributed by atoms with Gasteiger partial charge in [0.1, 0.15) is 10.8 Å². The predicted molar refractivity (Wildman–Crippen MR) is 75.9 cm³/mol. The molecule has 1 aromatic carbocycles. The van der Waals surface area contributed by atoms with Gasteiger partial charge in [0.25, 0.3) is 0 Å². The molecule has 0 atom stereocenters. The first-order chi connectivity index (χ1) is 9.72. The van der Waals surface area contributed by atoms with Gasteiger partial charge in [0.05, 0.1) is 0 Å². The van der Waals surface area contributed by atoms with Crippen LogP contribution in [0.15, 0.2) is 30.3 Å². The summed E-state index contributed by atoms with van der Waals surface area (Å²) in [5.41, 5.74) is 0.374. The Morgan fingerprint density at radius 1 is 1.35 bits per heavy atom. The molecular weight excluding hydrogens is 277 g/mol. The van der Waals surface area contributed by atoms with Gasteiger partial charge in [-0.3, -0.25) is 10.1 Å². The standard InChI is InChI=1S/C14H12FN3OS/c15-11-4-2-1-3-9(11)7-8-12(19)16-14-18-17-13(20-14)10-5-6-10/h1-4,7-8,10H,5-6H2,(H,16,18,19). The minimum Gasteiger partial charge on any atom is -0.297 e. The Morgan fingerprint density at radius 3 is 2.90 bits per heavy atom. The summed E-state index contributed by atoms with van der Waals surface area (Å²) in [5.74, 6) is -0.178. The molecule has 1 aliphatic rings. The molecule has 0 spiro atoms. The van der Waals surface area contributed by atoms with Crippen molar-refractivity contribution in [2.75, 3.05) is 5.32 Å². The van der Waals surface area contributed by atoms with Gasteiger partial charge in [-0.15, -0.1) is 10.2 Å². The lowest BCUT2D eigenvalue weighted by Crippen LogP contribution is -2.07. The van der Waals surface area contributed by atoms with Crippen molar-refractivity contribution in [3.05, 3.63) is 46.7 Å². The maximum Gasteiger partial charge on any atom is 0.250 e. The van der Waals surface area contributed by atoms with Crippen molar-refractivity contribution in [3.63, 3.8) is 0 Å². The van der Waals surface area contributed by atoms with E-state index in [9.17, 15) is 9.18 Å². The summed E-state index contributed by atoms with van der Waals surface area (Å²) in [6.45, 7) is 0. The van der Waals surface area contributed by atoms with Gasteiger partial charge in [-0.2, -0.15) is 0 Å². The van der Waals surface area contributed by atoms with Gasteiger partial charge < -0.3 is 0 Å². The van der Waals surface area contributed by atoms with Crippen molar-refractivity contribution < 1.29 is 9.18 Å². The van der Waals surface area contributed by atoms with Crippen LogP contribution in [0.25, 0.3) is 6.08 Å². The molecule has 0 unspecified atom stereocenters. The fourth-order valence-corrected chi connectivity index (χ4v) is 2.62. The molecule has 1 fully saturated rings. The van der Waals surface area contributed by atoms with E-state index >= 15 is 0 Å². The number of anilines is 1. The molecule has 1 saturated carbocycles. The van der Waals surface area contributed by atoms with E-state index < -0.39 is 0 Å². The molecular formula is C14H12FN3OS. The second-order valence-corrected chi connectivity index (χ2v) is 5.57. The molecule has 102 valence electrons. The van der Waals surface area contributed by atoms with Crippen molar-refractivity contribution in [2.45, 2.75) is 18.8 Å². The highest BCUT2D eigenvalue weighted by Gasteiger charge is 2.27. The Kier molecular flexibility index (Phi) is 3.56. The first kappa shape index (κ1) is 12.9. The van der Waals surface area contributed by atoms with Crippen LogP contribution < -0.4 is 5.32 Å². The Morgan fingerprint density at radius 2 is 2.15 bits per heavy atom. The van der Waals surface area contributed by atoms with Crippen LogP contribution in [0.3, 0.4) is 0 Å². The molecule has 0 radical (unpaired) electrons. The van der Waals surface area contributed by atoms with Crippen LogP contribution in [-0.4, -0.2) is 16.1 Å². The number of rotatable bonds is 4. The van der Waals surface area contributed by atoms with E-state index in [-0.39, 0.29) is 11.7 Å². The zero-order chi connectivity index (χ0) is 13.9. The third-order valence-corrected chi connectivity index (χ3v) is 3.92. The summed E-state index contributed by atoms with van der Waals surface area (Å²) < 4.78 is 13.4. The van der Waals surface area contributed by atoms with Gasteiger partial charge in [-0.05, 0) is 25.0 Å². The summed E-state index contributed by atoms with van der Waals surface area (Å²) in [7, 11) is 0. The first-order valence-corrected chi connectivity index (χ1v) is 7.11. The molecule has 20 heavy (non-hydrogen) atoms. The molecule has 6 heteroatoms. The maximum absolute atomic E-state index is 13.4. The fraction of sp³-hybridized carbons (Fsp3) is 0.214. The number of nitrogens with zero attached hydrogens (tertiary/aromatic N) is 2. The molecule has 1 aliphatic carbocycles. The number of amides is 1. The van der Waals surface area contributed by atoms with Crippen LogP contribution in [0, 0.1) is 5.82 Å². The van der Waals surface area contributed by atoms with Crippen molar-refractivity contribution in [2.24, 2.45) is 0 Å². The zero-order valence-electron chi connectivity index (χ0n) is 10.5. The van der Waals surface area contributed by atoms with E-state index in [4.69, 9.17) is 0 Å². The van der Waals surface area contributed by atoms with Gasteiger partial charge in [0.2, 0.25) is 11.0 Å². The zero-order valence-corrected chi connectivity index (χ0v) is 11.4. The monoisotopic (exact) mass is 289 g/mol. The second kappa shape index (κ2) is 5.50. The molecule has 0 bridgehead atoms. The summed E-state index contributed by atoms with van der Waals surface area (Å²) in [5, 5.41) is 12.0. The highest BCUT2D eigenvalue weighted by atomic mass is 32.1. The Balaban J connectivity index is 1.62. The summed E-state index contributed by atoms with van der Waals surface area (Å²) >= 11 is 1.39. The van der Waals surface area contributed by atoms with Gasteiger partial charge in [0, 0.05) is 17.6 Å². The third kappa shape index (κ3) is 3.08. The summed E-state index contributed by atoms with van der Waals surface area (Å²) in [6.07, 6.45) is 5.02. The maximum atomic E-state index is 13.4. The van der Waals surface area contributed by atoms with Crippen molar-refractivity contribution in [1.82, 2.24) is 10.2 Å². The molecule has 1 heterocycles. The minimum absolute atomic E-state index is 0.341. The highest BCUT2D eigenvalue weighted by molar-refractivity contribution is 7.15. The lowest BCUT2D eigenvalue weighted by molar-refractivity contribution is -0.111. The number of carbonyl (C=O) groups excluding carboxylic acids is 1. The lowest BCUT2D eigenvalue weighted by atomic mass is 10.2. The molecule has 1 N–H and O–H groups in total. The average molecular weight is 289 g/mol. The van der Waals surface area contributed by atoms with E-state index in [1.807, 2.05) is 0 Å². The Hall–Kier alpha value is -2.08. The molecule has 3 rings (SSSR count). The lowest BCUT2D eigenvalue weighted by Gasteiger charge is -1.96. The highest BCUT2D eigenvalue weighted by Crippen LogP contribution is 2.41. The quantitative estimate of drug-likeness (QED) is 0.879. The van der Waals surface area contributed by atoms with Crippen LogP contribution in [0.4, 0.5) is 9.52 Å². The van der Waals surface area contributed by atoms with Crippen LogP contribution >= 0.6 is 11.3 Å². The number of hydrogen-bond acceptors (Lipinski definition) is 4. The van der Waals surface area contributed by atoms with Gasteiger partial charge in [-0.25, -0.2) is 4.39 Å². The molecule has 0 aliphatic heterocycles. The van der Waals surface area contributed by atoms with Crippen molar-refractivity contribution in [1.29, 1.82) is 0 Å². The second-order valence-electron chi connectivity index (χ2n) is 4.56. The van der Waals surface area contributed by atoms with Crippen LogP contribution in [0.2, 0.25) is 0 Å². The van der Waals surface area contributed by atoms with E-state index in [0.717, 1.165) is 17.8 Å². The average Bonchev–Trinajstić information content (AvgIpc) is 3.19. The predicted octanol–water partition coefficient (Wildman–Crippen LogP) is 3.21. The van der Waals surface area contributed by atoms with Crippen LogP contribution in [0.1, 0.15) is 29.3 Å². The number of hydrogen-bond donors (Lipinski definition) is 1. The van der Waals surface area contributed by atoms with E-state index in [0.29, 0.717) is 16.6 Å². The van der Waals surface area contributed by atoms with Crippen LogP contribution in [-0.2, 0) is 4.79 Å². The number of nitrogens with one attached hydrogen (secondary N) is 1. The number of halogens is 1. The number of aromatic nitrogens is 2. The SMILES string of the molecule is O=C(C=Cc1ccccc1F)Nc1nnc(C2CC2)s1. The van der Waals surface area contributed by atoms with Crippen molar-refractivity contribution >= 4 is 28.5 Å². The summed E-state index contributed by atoms with van der Waals surface area (Å²) in [6, 6.07) is 6.28.